The van der Waals surface area contributed by atoms with Crippen LogP contribution in [0.1, 0.15) is 83.5 Å². The minimum atomic E-state index is -1.10. The molecular weight excluding hydrogens is 1130 g/mol. The zero-order valence-corrected chi connectivity index (χ0v) is 48.9. The number of hydrogen-bond donors (Lipinski definition) is 8. The molecule has 18 nitrogen and oxygen atoms in total. The first kappa shape index (κ1) is 60.5. The molecule has 1 aliphatic carbocycles. The van der Waals surface area contributed by atoms with Gasteiger partial charge in [-0.25, -0.2) is 14.0 Å². The number of carbonyl (C=O) groups excluding carboxylic acids is 8. The summed E-state index contributed by atoms with van der Waals surface area (Å²) < 4.78 is 25.0. The van der Waals surface area contributed by atoms with E-state index in [1.165, 1.54) is 18.2 Å². The fraction of sp³-hybridized carbons (Fsp3) is 0.286. The monoisotopic (exact) mass is 1200 g/mol. The van der Waals surface area contributed by atoms with Crippen molar-refractivity contribution in [3.05, 3.63) is 203 Å². The lowest BCUT2D eigenvalue weighted by atomic mass is 9.94. The highest BCUT2D eigenvalue weighted by Crippen LogP contribution is 2.33. The number of cyclic esters (lactones) is 1. The van der Waals surface area contributed by atoms with Crippen molar-refractivity contribution < 1.29 is 52.2 Å². The van der Waals surface area contributed by atoms with E-state index in [4.69, 9.17) is 9.47 Å². The predicted molar refractivity (Wildman–Crippen MR) is 334 cm³/mol. The molecule has 6 amide bonds. The molecule has 0 unspecified atom stereocenters. The fourth-order valence-corrected chi connectivity index (χ4v) is 12.1. The fourth-order valence-electron chi connectivity index (χ4n) is 12.1. The van der Waals surface area contributed by atoms with E-state index < -0.39 is 71.6 Å². The first-order valence-electron chi connectivity index (χ1n) is 30.2. The Morgan fingerprint density at radius 3 is 1.85 bits per heavy atom. The summed E-state index contributed by atoms with van der Waals surface area (Å²) in [6, 6.07) is 38.0. The zero-order chi connectivity index (χ0) is 61.8. The van der Waals surface area contributed by atoms with Crippen molar-refractivity contribution in [3.63, 3.8) is 0 Å². The van der Waals surface area contributed by atoms with E-state index in [1.807, 2.05) is 115 Å². The quantitative estimate of drug-likeness (QED) is 0.0211. The van der Waals surface area contributed by atoms with Crippen molar-refractivity contribution in [2.75, 3.05) is 26.3 Å². The van der Waals surface area contributed by atoms with Gasteiger partial charge in [0, 0.05) is 96.9 Å². The standard InChI is InChI=1S/C70H69FN8O10/c71-49-20-17-43(18-21-49)38-62(69(86)75-51(40-47-30-34-73-65(47)82)41-48-32-36-89-70(48)87)79-67(84)60-27-25-58(77-60)56-23-19-45(52-13-6-7-15-54(52)56)31-35-88-63(80)28-22-50(39-46-29-33-72-64(46)81)74-68(85)61(37-42-9-2-1-3-10-42)78-66(83)59-26-24-57(76-59)55-16-8-12-44-11-4-5-14-53(44)55/h1-17,19-20,22-28,41,46-47,50-51,61-62,76-77H,18,21,29-40H2,(H,72,81)(H,73,82)(H,74,85)(H,75,86)(H,78,83)(H,79,84)/b28-22+,48-41+/t46-,47-,50+,51-,61-,62-/m0/s1. The van der Waals surface area contributed by atoms with Crippen LogP contribution in [0.25, 0.3) is 44.1 Å². The average molecular weight is 1200 g/mol. The lowest BCUT2D eigenvalue weighted by molar-refractivity contribution is -0.138. The summed E-state index contributed by atoms with van der Waals surface area (Å²) in [4.78, 5) is 115. The Kier molecular flexibility index (Phi) is 19.1. The van der Waals surface area contributed by atoms with E-state index in [9.17, 15) is 42.7 Å². The Balaban J connectivity index is 0.744. The van der Waals surface area contributed by atoms with Crippen LogP contribution in [0.15, 0.2) is 181 Å². The number of rotatable bonds is 24. The molecule has 7 aromatic rings. The smallest absolute Gasteiger partial charge is 0.333 e. The number of aromatic nitrogens is 2. The van der Waals surface area contributed by atoms with E-state index >= 15 is 0 Å². The largest absolute Gasteiger partial charge is 0.462 e. The van der Waals surface area contributed by atoms with E-state index in [-0.39, 0.29) is 74.3 Å². The molecule has 0 radical (unpaired) electrons. The Bertz CT molecular complexity index is 3970. The maximum Gasteiger partial charge on any atom is 0.333 e. The van der Waals surface area contributed by atoms with E-state index in [0.29, 0.717) is 56.5 Å². The highest BCUT2D eigenvalue weighted by atomic mass is 19.1. The zero-order valence-electron chi connectivity index (χ0n) is 48.9. The van der Waals surface area contributed by atoms with Crippen molar-refractivity contribution in [1.29, 1.82) is 0 Å². The van der Waals surface area contributed by atoms with Crippen molar-refractivity contribution in [2.45, 2.75) is 88.4 Å². The van der Waals surface area contributed by atoms with Gasteiger partial charge in [-0.05, 0) is 102 Å². The number of fused-ring (bicyclic) bond motifs is 2. The van der Waals surface area contributed by atoms with Crippen LogP contribution in [0.4, 0.5) is 4.39 Å². The van der Waals surface area contributed by atoms with Gasteiger partial charge in [-0.15, -0.1) is 0 Å². The lowest BCUT2D eigenvalue weighted by Gasteiger charge is -2.24. The van der Waals surface area contributed by atoms with Crippen LogP contribution < -0.4 is 31.9 Å². The number of carbonyl (C=O) groups is 8. The average Bonchev–Trinajstić information content (AvgIpc) is 2.74. The van der Waals surface area contributed by atoms with Crippen LogP contribution >= 0.6 is 0 Å². The van der Waals surface area contributed by atoms with Crippen molar-refractivity contribution in [3.8, 4) is 22.5 Å². The van der Waals surface area contributed by atoms with Gasteiger partial charge in [-0.3, -0.25) is 28.8 Å². The van der Waals surface area contributed by atoms with Crippen LogP contribution in [0.2, 0.25) is 0 Å². The number of allylic oxidation sites excluding steroid dienone is 3. The second-order valence-corrected chi connectivity index (χ2v) is 22.9. The third kappa shape index (κ3) is 15.2. The van der Waals surface area contributed by atoms with Crippen LogP contribution in [0.3, 0.4) is 0 Å². The molecule has 6 atom stereocenters. The second kappa shape index (κ2) is 28.1. The first-order valence-corrected chi connectivity index (χ1v) is 30.2. The van der Waals surface area contributed by atoms with Gasteiger partial charge in [-0.1, -0.05) is 133 Å². The molecule has 0 bridgehead atoms. The molecule has 19 heteroatoms. The molecule has 0 saturated carbocycles. The van der Waals surface area contributed by atoms with Gasteiger partial charge >= 0.3 is 11.9 Å². The maximum absolute atomic E-state index is 14.4. The van der Waals surface area contributed by atoms with Crippen LogP contribution in [0, 0.1) is 11.8 Å². The third-order valence-electron chi connectivity index (χ3n) is 16.8. The summed E-state index contributed by atoms with van der Waals surface area (Å²) in [7, 11) is 0. The molecule has 0 spiro atoms. The number of amides is 6. The van der Waals surface area contributed by atoms with Crippen LogP contribution in [0.5, 0.6) is 0 Å². The molecule has 89 heavy (non-hydrogen) atoms. The molecule has 456 valence electrons. The highest BCUT2D eigenvalue weighted by Gasteiger charge is 2.33. The Morgan fingerprint density at radius 2 is 1.21 bits per heavy atom. The first-order chi connectivity index (χ1) is 43.3. The number of halogens is 1. The summed E-state index contributed by atoms with van der Waals surface area (Å²) >= 11 is 0. The topological polar surface area (TPSA) is 259 Å². The van der Waals surface area contributed by atoms with Gasteiger partial charge in [0.15, 0.2) is 0 Å². The summed E-state index contributed by atoms with van der Waals surface area (Å²) in [5, 5.41) is 21.3. The van der Waals surface area contributed by atoms with E-state index in [2.05, 4.69) is 41.9 Å². The minimum Gasteiger partial charge on any atom is -0.462 e. The van der Waals surface area contributed by atoms with Gasteiger partial charge in [-0.2, -0.15) is 0 Å². The number of benzene rings is 5. The molecule has 8 N–H and O–H groups in total. The number of esters is 2. The Labute approximate surface area is 513 Å². The van der Waals surface area contributed by atoms with E-state index in [1.54, 1.807) is 30.4 Å². The molecule has 5 aromatic carbocycles. The van der Waals surface area contributed by atoms with Gasteiger partial charge in [0.25, 0.3) is 11.8 Å². The summed E-state index contributed by atoms with van der Waals surface area (Å²) in [5.74, 6) is -4.63. The summed E-state index contributed by atoms with van der Waals surface area (Å²) in [6.07, 6.45) is 10.4. The van der Waals surface area contributed by atoms with Crippen molar-refractivity contribution in [1.82, 2.24) is 41.9 Å². The van der Waals surface area contributed by atoms with Gasteiger partial charge in [0.1, 0.15) is 29.3 Å². The summed E-state index contributed by atoms with van der Waals surface area (Å²) in [5.41, 5.74) is 6.36. The molecule has 3 saturated heterocycles. The highest BCUT2D eigenvalue weighted by molar-refractivity contribution is 6.02. The van der Waals surface area contributed by atoms with Gasteiger partial charge in [0.2, 0.25) is 23.6 Å². The Hall–Kier alpha value is -10.2. The van der Waals surface area contributed by atoms with E-state index in [0.717, 1.165) is 55.1 Å². The molecule has 11 rings (SSSR count). The number of aromatic amines is 2. The minimum absolute atomic E-state index is 0.00501. The molecule has 5 heterocycles. The normalized spacial score (nSPS) is 18.3. The molecule has 3 aliphatic heterocycles. The molecular formula is C70H69FN8O10. The lowest BCUT2D eigenvalue weighted by Crippen LogP contribution is -2.51. The predicted octanol–water partition coefficient (Wildman–Crippen LogP) is 8.62. The van der Waals surface area contributed by atoms with Crippen molar-refractivity contribution >= 4 is 68.9 Å². The molecule has 4 aliphatic rings. The number of ether oxygens (including phenoxy) is 2. The van der Waals surface area contributed by atoms with Crippen LogP contribution in [-0.4, -0.2) is 108 Å². The number of hydrogen-bond acceptors (Lipinski definition) is 10. The number of H-pyrrole nitrogens is 2. The van der Waals surface area contributed by atoms with Crippen LogP contribution in [-0.2, 0) is 51.1 Å². The summed E-state index contributed by atoms with van der Waals surface area (Å²) in [6.45, 7) is 1.21. The molecule has 3 fully saturated rings. The number of nitrogens with one attached hydrogen (secondary N) is 8. The SMILES string of the molecule is O=C(/C=C/[C@H](C[C@@H]1CCNC1=O)NC(=O)[C@H](Cc1ccccc1)NC(=O)c1ccc(-c2cccc3ccccc23)[nH]1)OCCc1ccc(-c2ccc(C(=O)N[C@@H](CC3=CC=C(F)CC3)C(=O)N[C@H](/C=C3\CCOC3=O)C[C@@H]3CCNC3=O)[nH]2)c2ccccc12. The Morgan fingerprint density at radius 1 is 0.607 bits per heavy atom. The third-order valence-corrected chi connectivity index (χ3v) is 16.8. The maximum atomic E-state index is 14.4. The second-order valence-electron chi connectivity index (χ2n) is 22.9. The van der Waals surface area contributed by atoms with Gasteiger partial charge < -0.3 is 51.3 Å². The van der Waals surface area contributed by atoms with Crippen molar-refractivity contribution in [2.24, 2.45) is 11.8 Å². The van der Waals surface area contributed by atoms with Gasteiger partial charge in [0.05, 0.1) is 13.2 Å². The molecule has 2 aromatic heterocycles.